The maximum absolute atomic E-state index is 5.27. The van der Waals surface area contributed by atoms with Crippen LogP contribution in [0.2, 0.25) is 0 Å². The third kappa shape index (κ3) is 22.3. The monoisotopic (exact) mass is 1530 g/mol. The van der Waals surface area contributed by atoms with Gasteiger partial charge in [-0.25, -0.2) is 15.0 Å². The Morgan fingerprint density at radius 3 is 1.75 bits per heavy atom. The number of aromatic amines is 4. The van der Waals surface area contributed by atoms with Gasteiger partial charge in [-0.1, -0.05) is 89.5 Å². The standard InChI is InChI=1S/C9H11N.C9H9N.C8H8N2.C8H10N2.C8H8N2.C8H9NO.C8H7NS.C8H9NS.C8H7NS.C7H7N3.C7H6N2S/c2*1-7-2-3-9-8(6-7)4-5-10-9;1-6-2-3-8-7(4-6)5-9-10-8;3*1-6-2-3-7-8(4-6)10-5-9-7;1-6-2-3-8-7(4-6)9-5-10-8;2*1-6-2-3-7-8(4-6)10-5-9-7;2*1-5-2-3-6-7(4-5)9-10-8-6/h2-3,6,10H,4-5H2,1H3;2-6,10H,1H3;2-5H,1H3,(H,9,10);2-4,9-10H,5H2,1H3;2-5H,1H3,(H,9,10);2-4,9H,5H2,1H3;2-5H,1H3;2-4,9H,5H2,1H3;2-5H,1H3;2-4H,1H3,(H,8,9,10);2-4H,1H3. The molecule has 11 heterocycles. The lowest BCUT2D eigenvalue weighted by atomic mass is 10.1. The zero-order valence-electron chi connectivity index (χ0n) is 63.7. The fraction of sp³-hybridized carbons (Fsp3) is 0.182. The number of fused-ring (bicyclic) bond motifs is 11. The summed E-state index contributed by atoms with van der Waals surface area (Å²) in [6, 6.07) is 71.1. The number of thioether (sulfide) groups is 1. The molecular formula is C88H91N17OS4. The quantitative estimate of drug-likeness (QED) is 0.0687. The summed E-state index contributed by atoms with van der Waals surface area (Å²) in [5.41, 5.74) is 36.0. The Kier molecular flexibility index (Phi) is 27.0. The highest BCUT2D eigenvalue weighted by Crippen LogP contribution is 2.34. The molecule has 22 rings (SSSR count). The van der Waals surface area contributed by atoms with E-state index in [-0.39, 0.29) is 0 Å². The summed E-state index contributed by atoms with van der Waals surface area (Å²) in [5.74, 6) is 2.00. The van der Waals surface area contributed by atoms with Crippen molar-refractivity contribution in [2.75, 3.05) is 52.4 Å². The number of anilines is 5. The maximum atomic E-state index is 5.27. The number of imidazole rings is 1. The highest BCUT2D eigenvalue weighted by Gasteiger charge is 2.12. The second kappa shape index (κ2) is 38.2. The number of hydrogen-bond donors (Lipinski definition) is 9. The van der Waals surface area contributed by atoms with Gasteiger partial charge in [0, 0.05) is 39.9 Å². The van der Waals surface area contributed by atoms with Gasteiger partial charge in [0.25, 0.3) is 0 Å². The Morgan fingerprint density at radius 1 is 0.373 bits per heavy atom. The van der Waals surface area contributed by atoms with Gasteiger partial charge in [0.1, 0.15) is 27.8 Å². The third-order valence-electron chi connectivity index (χ3n) is 17.7. The summed E-state index contributed by atoms with van der Waals surface area (Å²) >= 11 is 6.51. The van der Waals surface area contributed by atoms with E-state index in [0.29, 0.717) is 6.73 Å². The molecule has 18 aromatic rings. The molecule has 0 saturated carbocycles. The highest BCUT2D eigenvalue weighted by atomic mass is 32.2. The van der Waals surface area contributed by atoms with Gasteiger partial charge in [-0.05, 0) is 271 Å². The molecule has 0 amide bonds. The van der Waals surface area contributed by atoms with Crippen molar-refractivity contribution in [3.05, 3.63) is 303 Å². The zero-order chi connectivity index (χ0) is 76.7. The maximum Gasteiger partial charge on any atom is 0.159 e. The van der Waals surface area contributed by atoms with Crippen LogP contribution in [-0.2, 0) is 6.42 Å². The predicted octanol–water partition coefficient (Wildman–Crippen LogP) is 22.7. The minimum Gasteiger partial charge on any atom is -0.471 e. The van der Waals surface area contributed by atoms with Gasteiger partial charge >= 0.3 is 0 Å². The van der Waals surface area contributed by atoms with Crippen LogP contribution in [-0.4, -0.2) is 85.1 Å². The van der Waals surface area contributed by atoms with E-state index >= 15 is 0 Å². The molecule has 0 aliphatic carbocycles. The Morgan fingerprint density at radius 2 is 0.945 bits per heavy atom. The first-order chi connectivity index (χ1) is 53.5. The van der Waals surface area contributed by atoms with Crippen LogP contribution in [0.25, 0.3) is 75.3 Å². The molecule has 11 aromatic carbocycles. The lowest BCUT2D eigenvalue weighted by Crippen LogP contribution is -1.98. The van der Waals surface area contributed by atoms with Crippen LogP contribution in [0.3, 0.4) is 0 Å². The first-order valence-electron chi connectivity index (χ1n) is 36.2. The smallest absolute Gasteiger partial charge is 0.159 e. The number of hydrogen-bond acceptors (Lipinski definition) is 18. The van der Waals surface area contributed by atoms with Crippen molar-refractivity contribution in [2.45, 2.75) is 87.5 Å². The number of rotatable bonds is 0. The summed E-state index contributed by atoms with van der Waals surface area (Å²) in [6.07, 6.45) is 6.70. The molecular weight excluding hydrogens is 1440 g/mol. The van der Waals surface area contributed by atoms with Crippen molar-refractivity contribution in [2.24, 2.45) is 0 Å². The van der Waals surface area contributed by atoms with E-state index in [4.69, 9.17) is 4.74 Å². The van der Waals surface area contributed by atoms with Gasteiger partial charge in [-0.2, -0.15) is 29.3 Å². The SMILES string of the molecule is Cc1ccc2[nH]ccc2c1.Cc1ccc2[nH]ncc2c1.Cc1ccc2c(c1)CCN2.Cc1ccc2c(c1)NCN2.Cc1ccc2c(c1)OCN2.Cc1ccc2c(c1)SCN2.Cc1ccc2n[nH]nc2c1.Cc1ccc2nc[nH]c2c1.Cc1ccc2ncsc2c1.Cc1ccc2nsnc2c1.Cc1ccc2scnc2c1. The van der Waals surface area contributed by atoms with E-state index in [2.05, 4.69) is 301 Å². The Hall–Kier alpha value is -12.0. The molecule has 4 aliphatic rings. The Labute approximate surface area is 657 Å². The second-order valence-electron chi connectivity index (χ2n) is 27.0. The Bertz CT molecular complexity index is 5060. The molecule has 0 saturated heterocycles. The van der Waals surface area contributed by atoms with Gasteiger partial charge < -0.3 is 41.3 Å². The molecule has 0 atom stereocenters. The molecule has 0 bridgehead atoms. The van der Waals surface area contributed by atoms with Gasteiger partial charge in [0.15, 0.2) is 6.73 Å². The molecule has 0 radical (unpaired) electrons. The number of aromatic nitrogens is 12. The number of ether oxygens (including phenoxy) is 1. The normalized spacial score (nSPS) is 11.8. The Balaban J connectivity index is 0.000000113. The van der Waals surface area contributed by atoms with Crippen LogP contribution in [0.4, 0.5) is 28.4 Å². The first-order valence-corrected chi connectivity index (χ1v) is 39.7. The number of nitrogens with one attached hydrogen (secondary N) is 9. The highest BCUT2D eigenvalue weighted by molar-refractivity contribution is 7.99. The van der Waals surface area contributed by atoms with E-state index in [1.54, 1.807) is 29.0 Å². The number of aryl methyl sites for hydroxylation is 11. The molecule has 7 aromatic heterocycles. The van der Waals surface area contributed by atoms with Crippen molar-refractivity contribution in [1.29, 1.82) is 0 Å². The van der Waals surface area contributed by atoms with Gasteiger partial charge in [-0.3, -0.25) is 5.10 Å². The summed E-state index contributed by atoms with van der Waals surface area (Å²) in [4.78, 5) is 20.1. The van der Waals surface area contributed by atoms with Gasteiger partial charge in [0.2, 0.25) is 0 Å². The van der Waals surface area contributed by atoms with E-state index in [9.17, 15) is 0 Å². The van der Waals surface area contributed by atoms with E-state index < -0.39 is 0 Å². The minimum absolute atomic E-state index is 0.610. The average molecular weight is 1530 g/mol. The van der Waals surface area contributed by atoms with Gasteiger partial charge in [0.05, 0.1) is 102 Å². The molecule has 18 nitrogen and oxygen atoms in total. The molecule has 9 N–H and O–H groups in total. The second-order valence-corrected chi connectivity index (χ2v) is 30.3. The molecule has 22 heteroatoms. The molecule has 0 fully saturated rings. The number of benzene rings is 11. The average Bonchev–Trinajstić information content (AvgIpc) is 1.86. The van der Waals surface area contributed by atoms with Crippen LogP contribution in [0.15, 0.2) is 241 Å². The predicted molar refractivity (Wildman–Crippen MR) is 467 cm³/mol. The van der Waals surface area contributed by atoms with E-state index in [0.717, 1.165) is 80.2 Å². The topological polar surface area (TPSA) is 236 Å². The van der Waals surface area contributed by atoms with Crippen molar-refractivity contribution >= 4 is 150 Å². The minimum atomic E-state index is 0.610. The molecule has 558 valence electrons. The summed E-state index contributed by atoms with van der Waals surface area (Å²) in [6.45, 7) is 25.5. The first kappa shape index (κ1) is 77.7. The fourth-order valence-electron chi connectivity index (χ4n) is 11.9. The zero-order valence-corrected chi connectivity index (χ0v) is 66.9. The number of thiazole rings is 2. The summed E-state index contributed by atoms with van der Waals surface area (Å²) in [5, 5.41) is 35.9. The van der Waals surface area contributed by atoms with Crippen LogP contribution in [0.1, 0.15) is 66.8 Å². The number of H-pyrrole nitrogens is 4. The van der Waals surface area contributed by atoms with Crippen molar-refractivity contribution in [3.63, 3.8) is 0 Å². The van der Waals surface area contributed by atoms with Gasteiger partial charge in [-0.15, -0.1) is 34.4 Å². The van der Waals surface area contributed by atoms with Crippen LogP contribution in [0, 0.1) is 76.2 Å². The van der Waals surface area contributed by atoms with Crippen molar-refractivity contribution in [1.82, 2.24) is 59.3 Å². The van der Waals surface area contributed by atoms with E-state index in [1.807, 2.05) is 103 Å². The number of nitrogens with zero attached hydrogens (tertiary/aromatic N) is 8. The lowest BCUT2D eigenvalue weighted by Gasteiger charge is -1.98. The van der Waals surface area contributed by atoms with E-state index in [1.165, 1.54) is 138 Å². The lowest BCUT2D eigenvalue weighted by molar-refractivity contribution is 0.372. The largest absolute Gasteiger partial charge is 0.471 e. The van der Waals surface area contributed by atoms with Crippen LogP contribution in [0.5, 0.6) is 5.75 Å². The summed E-state index contributed by atoms with van der Waals surface area (Å²) in [7, 11) is 0. The molecule has 0 unspecified atom stereocenters. The van der Waals surface area contributed by atoms with Crippen LogP contribution >= 0.6 is 46.2 Å². The van der Waals surface area contributed by atoms with Crippen molar-refractivity contribution in [3.8, 4) is 5.75 Å². The summed E-state index contributed by atoms with van der Waals surface area (Å²) < 4.78 is 16.0. The molecule has 110 heavy (non-hydrogen) atoms. The molecule has 4 aliphatic heterocycles. The molecule has 0 spiro atoms. The van der Waals surface area contributed by atoms with Crippen molar-refractivity contribution < 1.29 is 4.74 Å². The fourth-order valence-corrected chi connectivity index (χ4v) is 14.8. The van der Waals surface area contributed by atoms with Crippen LogP contribution < -0.4 is 31.3 Å². The third-order valence-corrected chi connectivity index (χ3v) is 20.8.